The number of benzene rings is 1. The Morgan fingerprint density at radius 3 is 2.54 bits per heavy atom. The van der Waals surface area contributed by atoms with Gasteiger partial charge in [-0.15, -0.1) is 0 Å². The van der Waals surface area contributed by atoms with Crippen LogP contribution >= 0.6 is 15.9 Å². The van der Waals surface area contributed by atoms with Crippen molar-refractivity contribution in [3.8, 4) is 5.75 Å². The molecule has 72 valence electrons. The third kappa shape index (κ3) is 3.33. The number of rotatable bonds is 2. The summed E-state index contributed by atoms with van der Waals surface area (Å²) in [6.07, 6.45) is 0. The van der Waals surface area contributed by atoms with Gasteiger partial charge >= 0.3 is 0 Å². The molecule has 1 aromatic rings. The van der Waals surface area contributed by atoms with Crippen LogP contribution in [0.25, 0.3) is 0 Å². The molecule has 0 saturated carbocycles. The summed E-state index contributed by atoms with van der Waals surface area (Å²) < 4.78 is 22.1. The fourth-order valence-electron chi connectivity index (χ4n) is 0.876. The molecule has 0 aliphatic carbocycles. The normalized spacial score (nSPS) is 11.5. The molecule has 0 aliphatic heterocycles. The second-order valence-electron chi connectivity index (χ2n) is 2.58. The third-order valence-corrected chi connectivity index (χ3v) is 2.61. The Kier molecular flexibility index (Phi) is 2.94. The molecule has 0 amide bonds. The SMILES string of the molecule is NS(=O)(=O)Cc1ccc(Br)cc1O. The van der Waals surface area contributed by atoms with Gasteiger partial charge < -0.3 is 5.11 Å². The first-order chi connectivity index (χ1) is 5.88. The molecule has 6 heteroatoms. The van der Waals surface area contributed by atoms with E-state index < -0.39 is 10.0 Å². The zero-order valence-corrected chi connectivity index (χ0v) is 8.97. The van der Waals surface area contributed by atoms with E-state index in [4.69, 9.17) is 5.14 Å². The van der Waals surface area contributed by atoms with Crippen LogP contribution in [0.5, 0.6) is 5.75 Å². The van der Waals surface area contributed by atoms with Crippen molar-refractivity contribution in [2.24, 2.45) is 5.14 Å². The third-order valence-electron chi connectivity index (χ3n) is 1.40. The molecule has 0 bridgehead atoms. The highest BCUT2D eigenvalue weighted by atomic mass is 79.9. The van der Waals surface area contributed by atoms with Gasteiger partial charge in [0.15, 0.2) is 0 Å². The molecule has 0 saturated heterocycles. The molecule has 3 N–H and O–H groups in total. The monoisotopic (exact) mass is 265 g/mol. The van der Waals surface area contributed by atoms with Crippen molar-refractivity contribution in [3.63, 3.8) is 0 Å². The molecule has 13 heavy (non-hydrogen) atoms. The molecule has 4 nitrogen and oxygen atoms in total. The highest BCUT2D eigenvalue weighted by molar-refractivity contribution is 9.10. The summed E-state index contributed by atoms with van der Waals surface area (Å²) in [7, 11) is -3.59. The fourth-order valence-corrected chi connectivity index (χ4v) is 1.90. The Bertz CT molecular complexity index is 416. The molecule has 1 aromatic carbocycles. The van der Waals surface area contributed by atoms with Crippen LogP contribution < -0.4 is 5.14 Å². The Balaban J connectivity index is 3.04. The summed E-state index contributed by atoms with van der Waals surface area (Å²) in [4.78, 5) is 0. The average molecular weight is 266 g/mol. The van der Waals surface area contributed by atoms with Crippen molar-refractivity contribution in [2.45, 2.75) is 5.75 Å². The van der Waals surface area contributed by atoms with Crippen molar-refractivity contribution >= 4 is 26.0 Å². The van der Waals surface area contributed by atoms with Crippen LogP contribution in [-0.2, 0) is 15.8 Å². The van der Waals surface area contributed by atoms with E-state index in [1.54, 1.807) is 6.07 Å². The zero-order chi connectivity index (χ0) is 10.1. The highest BCUT2D eigenvalue weighted by Gasteiger charge is 2.09. The number of phenolic OH excluding ortho intramolecular Hbond substituents is 1. The van der Waals surface area contributed by atoms with Gasteiger partial charge in [-0.2, -0.15) is 0 Å². The van der Waals surface area contributed by atoms with Crippen LogP contribution in [0.15, 0.2) is 22.7 Å². The van der Waals surface area contributed by atoms with Gasteiger partial charge in [0.25, 0.3) is 0 Å². The minimum Gasteiger partial charge on any atom is -0.508 e. The van der Waals surface area contributed by atoms with E-state index >= 15 is 0 Å². The molecule has 0 aliphatic rings. The first-order valence-corrected chi connectivity index (χ1v) is 5.87. The maximum Gasteiger partial charge on any atom is 0.213 e. The number of hydrogen-bond donors (Lipinski definition) is 2. The maximum absolute atomic E-state index is 10.7. The zero-order valence-electron chi connectivity index (χ0n) is 6.57. The summed E-state index contributed by atoms with van der Waals surface area (Å²) in [6, 6.07) is 4.56. The van der Waals surface area contributed by atoms with Gasteiger partial charge in [-0.3, -0.25) is 0 Å². The number of nitrogens with two attached hydrogens (primary N) is 1. The predicted molar refractivity (Wildman–Crippen MR) is 52.6 cm³/mol. The summed E-state index contributed by atoms with van der Waals surface area (Å²) >= 11 is 3.14. The minimum absolute atomic E-state index is 0.0802. The second kappa shape index (κ2) is 3.65. The fraction of sp³-hybridized carbons (Fsp3) is 0.143. The average Bonchev–Trinajstić information content (AvgIpc) is 1.93. The standard InChI is InChI=1S/C7H8BrNO3S/c8-6-2-1-5(7(10)3-6)4-13(9,11)12/h1-3,10H,4H2,(H2,9,11,12). The van der Waals surface area contributed by atoms with Crippen LogP contribution in [0.2, 0.25) is 0 Å². The Labute approximate surface area is 84.6 Å². The highest BCUT2D eigenvalue weighted by Crippen LogP contribution is 2.23. The molecule has 0 fully saturated rings. The van der Waals surface area contributed by atoms with E-state index in [2.05, 4.69) is 15.9 Å². The summed E-state index contributed by atoms with van der Waals surface area (Å²) in [5.74, 6) is -0.435. The summed E-state index contributed by atoms with van der Waals surface area (Å²) in [5, 5.41) is 14.1. The number of aromatic hydroxyl groups is 1. The number of sulfonamides is 1. The van der Waals surface area contributed by atoms with Crippen molar-refractivity contribution in [2.75, 3.05) is 0 Å². The molecular formula is C7H8BrNO3S. The topological polar surface area (TPSA) is 80.4 Å². The van der Waals surface area contributed by atoms with Gasteiger partial charge in [-0.05, 0) is 12.1 Å². The predicted octanol–water partition coefficient (Wildman–Crippen LogP) is 0.943. The largest absolute Gasteiger partial charge is 0.508 e. The minimum atomic E-state index is -3.59. The Morgan fingerprint density at radius 2 is 2.08 bits per heavy atom. The van der Waals surface area contributed by atoms with E-state index in [1.807, 2.05) is 0 Å². The molecule has 0 unspecified atom stereocenters. The van der Waals surface area contributed by atoms with Gasteiger partial charge in [-0.25, -0.2) is 13.6 Å². The smallest absolute Gasteiger partial charge is 0.213 e. The van der Waals surface area contributed by atoms with Crippen molar-refractivity contribution in [1.29, 1.82) is 0 Å². The molecule has 0 heterocycles. The molecule has 0 radical (unpaired) electrons. The van der Waals surface area contributed by atoms with Crippen molar-refractivity contribution in [1.82, 2.24) is 0 Å². The Morgan fingerprint density at radius 1 is 1.46 bits per heavy atom. The first-order valence-electron chi connectivity index (χ1n) is 3.36. The van der Waals surface area contributed by atoms with E-state index in [1.165, 1.54) is 12.1 Å². The molecule has 0 aromatic heterocycles. The van der Waals surface area contributed by atoms with Gasteiger partial charge in [-0.1, -0.05) is 22.0 Å². The van der Waals surface area contributed by atoms with Crippen LogP contribution in [0.1, 0.15) is 5.56 Å². The van der Waals surface area contributed by atoms with Gasteiger partial charge in [0, 0.05) is 10.0 Å². The van der Waals surface area contributed by atoms with Crippen LogP contribution in [0.4, 0.5) is 0 Å². The second-order valence-corrected chi connectivity index (χ2v) is 5.11. The van der Waals surface area contributed by atoms with Gasteiger partial charge in [0.2, 0.25) is 10.0 Å². The van der Waals surface area contributed by atoms with E-state index in [9.17, 15) is 13.5 Å². The maximum atomic E-state index is 10.7. The van der Waals surface area contributed by atoms with Crippen molar-refractivity contribution < 1.29 is 13.5 Å². The molecule has 0 spiro atoms. The number of phenols is 1. The van der Waals surface area contributed by atoms with Crippen LogP contribution in [0, 0.1) is 0 Å². The molecule has 1 rings (SSSR count). The lowest BCUT2D eigenvalue weighted by Crippen LogP contribution is -2.14. The van der Waals surface area contributed by atoms with Crippen molar-refractivity contribution in [3.05, 3.63) is 28.2 Å². The van der Waals surface area contributed by atoms with E-state index in [-0.39, 0.29) is 11.5 Å². The molecular weight excluding hydrogens is 258 g/mol. The quantitative estimate of drug-likeness (QED) is 0.836. The lowest BCUT2D eigenvalue weighted by Gasteiger charge is -2.02. The van der Waals surface area contributed by atoms with Crippen LogP contribution in [-0.4, -0.2) is 13.5 Å². The number of halogens is 1. The first kappa shape index (κ1) is 10.5. The summed E-state index contributed by atoms with van der Waals surface area (Å²) in [6.45, 7) is 0. The van der Waals surface area contributed by atoms with E-state index in [0.717, 1.165) is 0 Å². The Hall–Kier alpha value is -0.590. The van der Waals surface area contributed by atoms with Gasteiger partial charge in [0.1, 0.15) is 5.75 Å². The molecule has 0 atom stereocenters. The van der Waals surface area contributed by atoms with Gasteiger partial charge in [0.05, 0.1) is 5.75 Å². The van der Waals surface area contributed by atoms with Crippen LogP contribution in [0.3, 0.4) is 0 Å². The summed E-state index contributed by atoms with van der Waals surface area (Å²) in [5.41, 5.74) is 0.297. The number of primary sulfonamides is 1. The lowest BCUT2D eigenvalue weighted by atomic mass is 10.2. The van der Waals surface area contributed by atoms with E-state index in [0.29, 0.717) is 10.0 Å². The lowest BCUT2D eigenvalue weighted by molar-refractivity contribution is 0.469. The number of hydrogen-bond acceptors (Lipinski definition) is 3.